The van der Waals surface area contributed by atoms with Gasteiger partial charge in [-0.3, -0.25) is 4.79 Å². The van der Waals surface area contributed by atoms with Gasteiger partial charge in [0.25, 0.3) is 0 Å². The average molecular weight is 501 g/mol. The Bertz CT molecular complexity index is 807. The summed E-state index contributed by atoms with van der Waals surface area (Å²) in [7, 11) is 1.37. The molecule has 1 N–H and O–H groups in total. The number of anilines is 1. The molecule has 26 heavy (non-hydrogen) atoms. The van der Waals surface area contributed by atoms with E-state index in [1.807, 2.05) is 30.3 Å². The lowest BCUT2D eigenvalue weighted by Gasteiger charge is -2.17. The molecule has 1 aliphatic carbocycles. The number of hydrogen-bond acceptors (Lipinski definition) is 4. The topological polar surface area (TPSA) is 55.4 Å². The highest BCUT2D eigenvalue weighted by Crippen LogP contribution is 2.39. The number of ether oxygens (including phenoxy) is 1. The van der Waals surface area contributed by atoms with Gasteiger partial charge in [-0.1, -0.05) is 62.2 Å². The van der Waals surface area contributed by atoms with Crippen LogP contribution in [-0.2, 0) is 22.4 Å². The Balaban J connectivity index is 1.83. The van der Waals surface area contributed by atoms with E-state index in [1.165, 1.54) is 23.3 Å². The van der Waals surface area contributed by atoms with Crippen LogP contribution in [0.3, 0.4) is 0 Å². The van der Waals surface area contributed by atoms with Crippen molar-refractivity contribution in [2.24, 2.45) is 0 Å². The summed E-state index contributed by atoms with van der Waals surface area (Å²) in [5.74, 6) is -0.580. The summed E-state index contributed by atoms with van der Waals surface area (Å²) in [5, 5.41) is 3.52. The zero-order valence-corrected chi connectivity index (χ0v) is 18.2. The number of alkyl halides is 2. The van der Waals surface area contributed by atoms with Gasteiger partial charge in [0.1, 0.15) is 9.83 Å². The number of hydrogen-bond donors (Lipinski definition) is 1. The molecule has 0 fully saturated rings. The fourth-order valence-electron chi connectivity index (χ4n) is 3.09. The highest BCUT2D eigenvalue weighted by molar-refractivity contribution is 9.12. The number of carbonyl (C=O) groups is 2. The molecule has 2 aromatic rings. The zero-order chi connectivity index (χ0) is 18.7. The van der Waals surface area contributed by atoms with Crippen molar-refractivity contribution in [3.05, 3.63) is 51.9 Å². The number of aryl methyl sites for hydroxylation is 1. The smallest absolute Gasteiger partial charge is 0.341 e. The molecule has 2 atom stereocenters. The molecular weight excluding hydrogens is 482 g/mol. The van der Waals surface area contributed by atoms with E-state index in [1.54, 1.807) is 0 Å². The van der Waals surface area contributed by atoms with Gasteiger partial charge in [0.15, 0.2) is 0 Å². The van der Waals surface area contributed by atoms with Crippen molar-refractivity contribution in [2.45, 2.75) is 35.3 Å². The number of esters is 1. The number of halogens is 2. The van der Waals surface area contributed by atoms with Gasteiger partial charge in [-0.05, 0) is 36.8 Å². The van der Waals surface area contributed by atoms with Gasteiger partial charge in [0.2, 0.25) is 5.91 Å². The lowest BCUT2D eigenvalue weighted by molar-refractivity contribution is -0.115. The quantitative estimate of drug-likeness (QED) is 0.450. The van der Waals surface area contributed by atoms with Crippen LogP contribution in [0, 0.1) is 0 Å². The summed E-state index contributed by atoms with van der Waals surface area (Å²) in [6.07, 6.45) is 3.97. The Morgan fingerprint density at radius 2 is 1.85 bits per heavy atom. The Morgan fingerprint density at radius 3 is 2.54 bits per heavy atom. The van der Waals surface area contributed by atoms with Crippen molar-refractivity contribution in [2.75, 3.05) is 12.4 Å². The summed E-state index contributed by atoms with van der Waals surface area (Å²) in [4.78, 5) is 25.6. The fraction of sp³-hybridized carbons (Fsp3) is 0.368. The number of nitrogens with one attached hydrogen (secondary N) is 1. The van der Waals surface area contributed by atoms with E-state index in [0.29, 0.717) is 10.6 Å². The molecule has 0 aliphatic heterocycles. The van der Waals surface area contributed by atoms with E-state index in [9.17, 15) is 9.59 Å². The largest absolute Gasteiger partial charge is 0.465 e. The van der Waals surface area contributed by atoms with E-state index in [-0.39, 0.29) is 16.7 Å². The van der Waals surface area contributed by atoms with Crippen LogP contribution in [0.1, 0.15) is 44.0 Å². The molecule has 2 unspecified atom stereocenters. The predicted molar refractivity (Wildman–Crippen MR) is 112 cm³/mol. The Hall–Kier alpha value is -1.18. The first-order valence-electron chi connectivity index (χ1n) is 8.39. The van der Waals surface area contributed by atoms with E-state index in [4.69, 9.17) is 4.74 Å². The summed E-state index contributed by atoms with van der Waals surface area (Å²) in [6.45, 7) is 0. The molecule has 4 nitrogen and oxygen atoms in total. The third kappa shape index (κ3) is 4.05. The minimum Gasteiger partial charge on any atom is -0.465 e. The number of amides is 1. The van der Waals surface area contributed by atoms with Crippen LogP contribution in [0.5, 0.6) is 0 Å². The second-order valence-corrected chi connectivity index (χ2v) is 9.19. The first kappa shape index (κ1) is 19.6. The number of thiophene rings is 1. The molecule has 0 spiro atoms. The number of fused-ring (bicyclic) bond motifs is 1. The van der Waals surface area contributed by atoms with Crippen LogP contribution in [-0.4, -0.2) is 23.8 Å². The van der Waals surface area contributed by atoms with Crippen LogP contribution in [0.15, 0.2) is 30.3 Å². The second-order valence-electron chi connectivity index (χ2n) is 6.11. The van der Waals surface area contributed by atoms with E-state index in [0.717, 1.165) is 36.8 Å². The molecule has 3 rings (SSSR count). The molecule has 0 bridgehead atoms. The van der Waals surface area contributed by atoms with E-state index in [2.05, 4.69) is 37.2 Å². The minimum absolute atomic E-state index is 0.181. The molecule has 138 valence electrons. The monoisotopic (exact) mass is 499 g/mol. The normalized spacial score (nSPS) is 15.7. The van der Waals surface area contributed by atoms with Crippen LogP contribution in [0.4, 0.5) is 5.00 Å². The van der Waals surface area contributed by atoms with Crippen molar-refractivity contribution in [1.29, 1.82) is 0 Å². The molecule has 1 aromatic heterocycles. The lowest BCUT2D eigenvalue weighted by atomic mass is 9.95. The molecule has 0 radical (unpaired) electrons. The number of benzene rings is 1. The van der Waals surface area contributed by atoms with Gasteiger partial charge < -0.3 is 10.1 Å². The highest BCUT2D eigenvalue weighted by Gasteiger charge is 2.30. The van der Waals surface area contributed by atoms with Gasteiger partial charge in [0.05, 0.1) is 17.5 Å². The van der Waals surface area contributed by atoms with Gasteiger partial charge >= 0.3 is 5.97 Å². The molecule has 7 heteroatoms. The maximum atomic E-state index is 12.8. The third-order valence-corrected chi connectivity index (χ3v) is 8.34. The Labute approximate surface area is 173 Å². The average Bonchev–Trinajstić information content (AvgIpc) is 3.04. The Kier molecular flexibility index (Phi) is 6.53. The Morgan fingerprint density at radius 1 is 1.15 bits per heavy atom. The molecule has 1 aromatic carbocycles. The minimum atomic E-state index is -0.477. The van der Waals surface area contributed by atoms with Crippen LogP contribution in [0.2, 0.25) is 0 Å². The number of methoxy groups -OCH3 is 1. The molecule has 0 saturated heterocycles. The predicted octanol–water partition coefficient (Wildman–Crippen LogP) is 5.25. The van der Waals surface area contributed by atoms with E-state index >= 15 is 0 Å². The molecular formula is C19H19Br2NO3S. The molecule has 1 heterocycles. The van der Waals surface area contributed by atoms with Crippen LogP contribution < -0.4 is 5.32 Å². The number of carbonyl (C=O) groups excluding carboxylic acids is 2. The summed E-state index contributed by atoms with van der Waals surface area (Å²) < 4.78 is 4.96. The molecule has 0 saturated carbocycles. The van der Waals surface area contributed by atoms with Crippen LogP contribution in [0.25, 0.3) is 0 Å². The summed E-state index contributed by atoms with van der Waals surface area (Å²) in [6, 6.07) is 9.73. The SMILES string of the molecule is COC(=O)c1c(NC(=O)C(Br)C(Br)c2ccccc2)sc2c1CCCC2. The summed E-state index contributed by atoms with van der Waals surface area (Å²) in [5.41, 5.74) is 2.56. The highest BCUT2D eigenvalue weighted by atomic mass is 79.9. The first-order chi connectivity index (χ1) is 12.5. The van der Waals surface area contributed by atoms with Crippen molar-refractivity contribution in [3.8, 4) is 0 Å². The van der Waals surface area contributed by atoms with Gasteiger partial charge in [-0.25, -0.2) is 4.79 Å². The fourth-order valence-corrected chi connectivity index (χ4v) is 5.34. The van der Waals surface area contributed by atoms with Gasteiger partial charge in [-0.2, -0.15) is 0 Å². The van der Waals surface area contributed by atoms with Crippen molar-refractivity contribution in [3.63, 3.8) is 0 Å². The van der Waals surface area contributed by atoms with Crippen LogP contribution >= 0.6 is 43.2 Å². The van der Waals surface area contributed by atoms with Crippen molar-refractivity contribution >= 4 is 60.1 Å². The van der Waals surface area contributed by atoms with Crippen molar-refractivity contribution < 1.29 is 14.3 Å². The maximum absolute atomic E-state index is 12.8. The zero-order valence-electron chi connectivity index (χ0n) is 14.3. The standard InChI is InChI=1S/C19H19Br2NO3S/c1-25-19(24)14-12-9-5-6-10-13(12)26-18(14)22-17(23)16(21)15(20)11-7-3-2-4-8-11/h2-4,7-8,15-16H,5-6,9-10H2,1H3,(H,22,23). The molecule has 1 amide bonds. The van der Waals surface area contributed by atoms with Crippen molar-refractivity contribution in [1.82, 2.24) is 0 Å². The summed E-state index contributed by atoms with van der Waals surface area (Å²) >= 11 is 8.56. The third-order valence-electron chi connectivity index (χ3n) is 4.42. The van der Waals surface area contributed by atoms with Gasteiger partial charge in [-0.15, -0.1) is 11.3 Å². The van der Waals surface area contributed by atoms with E-state index < -0.39 is 4.83 Å². The number of rotatable bonds is 5. The molecule has 1 aliphatic rings. The second kappa shape index (κ2) is 8.67. The van der Waals surface area contributed by atoms with Gasteiger partial charge in [0, 0.05) is 4.88 Å². The maximum Gasteiger partial charge on any atom is 0.341 e. The first-order valence-corrected chi connectivity index (χ1v) is 11.0. The lowest BCUT2D eigenvalue weighted by Crippen LogP contribution is -2.26.